The second kappa shape index (κ2) is 16.5. The molecule has 2 fully saturated rings. The normalized spacial score (nSPS) is 22.2. The van der Waals surface area contributed by atoms with Crippen LogP contribution in [0.25, 0.3) is 11.0 Å². The highest BCUT2D eigenvalue weighted by Gasteiger charge is 2.53. The van der Waals surface area contributed by atoms with Crippen LogP contribution >= 0.6 is 0 Å². The maximum Gasteiger partial charge on any atom is 0.383 e. The molecule has 2 aromatic carbocycles. The summed E-state index contributed by atoms with van der Waals surface area (Å²) in [5.41, 5.74) is 0.230. The predicted molar refractivity (Wildman–Crippen MR) is 173 cm³/mol. The third kappa shape index (κ3) is 9.31. The van der Waals surface area contributed by atoms with Crippen LogP contribution in [0.3, 0.4) is 0 Å². The molecule has 0 amide bonds. The highest BCUT2D eigenvalue weighted by molar-refractivity contribution is 5.86. The van der Waals surface area contributed by atoms with Crippen molar-refractivity contribution < 1.29 is 61.5 Å². The number of carbonyl (C=O) groups is 4. The van der Waals surface area contributed by atoms with E-state index in [0.29, 0.717) is 5.39 Å². The number of esters is 4. The summed E-state index contributed by atoms with van der Waals surface area (Å²) in [6, 6.07) is 14.0. The van der Waals surface area contributed by atoms with Crippen molar-refractivity contribution in [2.75, 3.05) is 6.61 Å². The Bertz CT molecular complexity index is 1730. The van der Waals surface area contributed by atoms with Crippen molar-refractivity contribution in [1.82, 2.24) is 0 Å². The van der Waals surface area contributed by atoms with Crippen LogP contribution in [-0.4, -0.2) is 67.3 Å². The van der Waals surface area contributed by atoms with Crippen LogP contribution in [0.1, 0.15) is 65.4 Å². The quantitative estimate of drug-likeness (QED) is 0.147. The number of ether oxygens (including phenoxy) is 8. The number of rotatable bonds is 12. The van der Waals surface area contributed by atoms with Gasteiger partial charge in [-0.05, 0) is 43.4 Å². The van der Waals surface area contributed by atoms with Gasteiger partial charge in [0.1, 0.15) is 30.7 Å². The molecule has 1 aliphatic heterocycles. The van der Waals surface area contributed by atoms with Crippen LogP contribution in [-0.2, 0) is 49.5 Å². The van der Waals surface area contributed by atoms with Gasteiger partial charge in [0, 0.05) is 33.8 Å². The molecule has 5 atom stereocenters. The lowest BCUT2D eigenvalue weighted by atomic mass is 9.98. The largest absolute Gasteiger partial charge is 0.484 e. The molecule has 0 bridgehead atoms. The zero-order valence-corrected chi connectivity index (χ0v) is 28.2. The smallest absolute Gasteiger partial charge is 0.383 e. The van der Waals surface area contributed by atoms with Gasteiger partial charge in [-0.1, -0.05) is 36.8 Å². The molecule has 1 saturated carbocycles. The fourth-order valence-electron chi connectivity index (χ4n) is 5.95. The standard InChI is InChI=1S/C36H40O14/c1-20(37)42-19-29-31(44-21(2)38)32(45-22(3)39)34(46-23(4)40)36(50-29)48-26-15-16-27-28(17-26)49-35(41)33(47-25-13-9-6-10-14-25)30(27)43-18-24-11-7-5-8-12-24/h5,7-8,11-12,15-17,25,29,31-32,34,36H,6,9-10,13-14,18-19H2,1-4H3/t29-,31-,32+,34-,36-/m1/s1. The van der Waals surface area contributed by atoms with Crippen LogP contribution in [0, 0.1) is 0 Å². The molecule has 14 heteroatoms. The van der Waals surface area contributed by atoms with Crippen molar-refractivity contribution in [3.8, 4) is 17.2 Å². The van der Waals surface area contributed by atoms with E-state index < -0.39 is 66.8 Å². The summed E-state index contributed by atoms with van der Waals surface area (Å²) in [5.74, 6) is -2.68. The molecule has 0 unspecified atom stereocenters. The van der Waals surface area contributed by atoms with Gasteiger partial charge in [-0.2, -0.15) is 0 Å². The summed E-state index contributed by atoms with van der Waals surface area (Å²) in [7, 11) is 0. The average molecular weight is 697 g/mol. The van der Waals surface area contributed by atoms with Gasteiger partial charge in [-0.15, -0.1) is 0 Å². The molecule has 14 nitrogen and oxygen atoms in total. The average Bonchev–Trinajstić information content (AvgIpc) is 3.06. The lowest BCUT2D eigenvalue weighted by molar-refractivity contribution is -0.288. The monoisotopic (exact) mass is 696 g/mol. The molecule has 2 heterocycles. The van der Waals surface area contributed by atoms with Crippen molar-refractivity contribution in [2.24, 2.45) is 0 Å². The molecule has 1 saturated heterocycles. The van der Waals surface area contributed by atoms with E-state index in [9.17, 15) is 24.0 Å². The maximum atomic E-state index is 13.4. The Kier molecular flexibility index (Phi) is 12.0. The summed E-state index contributed by atoms with van der Waals surface area (Å²) in [6.07, 6.45) is -2.38. The van der Waals surface area contributed by atoms with Crippen LogP contribution in [0.2, 0.25) is 0 Å². The second-order valence-corrected chi connectivity index (χ2v) is 12.0. The lowest BCUT2D eigenvalue weighted by Crippen LogP contribution is -2.63. The topological polar surface area (TPSA) is 172 Å². The summed E-state index contributed by atoms with van der Waals surface area (Å²) < 4.78 is 51.8. The Morgan fingerprint density at radius 3 is 2.06 bits per heavy atom. The van der Waals surface area contributed by atoms with E-state index in [1.54, 1.807) is 12.1 Å². The SMILES string of the molecule is CC(=O)OC[C@H]1O[C@@H](Oc2ccc3c(OCc4ccccc4)c(OC4CCCCC4)c(=O)oc3c2)[C@H](OC(C)=O)[C@@H](OC(C)=O)[C@@H]1OC(C)=O. The van der Waals surface area contributed by atoms with Gasteiger partial charge >= 0.3 is 29.5 Å². The van der Waals surface area contributed by atoms with Crippen molar-refractivity contribution in [1.29, 1.82) is 0 Å². The molecule has 2 aliphatic rings. The van der Waals surface area contributed by atoms with E-state index in [1.165, 1.54) is 13.0 Å². The summed E-state index contributed by atoms with van der Waals surface area (Å²) in [5, 5.41) is 0.431. The van der Waals surface area contributed by atoms with Gasteiger partial charge in [-0.3, -0.25) is 19.2 Å². The molecule has 5 rings (SSSR count). The predicted octanol–water partition coefficient (Wildman–Crippen LogP) is 4.55. The van der Waals surface area contributed by atoms with E-state index in [2.05, 4.69) is 0 Å². The molecule has 3 aromatic rings. The number of benzene rings is 2. The lowest BCUT2D eigenvalue weighted by Gasteiger charge is -2.43. The van der Waals surface area contributed by atoms with Crippen molar-refractivity contribution in [3.63, 3.8) is 0 Å². The number of fused-ring (bicyclic) bond motifs is 1. The zero-order chi connectivity index (χ0) is 35.8. The van der Waals surface area contributed by atoms with Gasteiger partial charge in [0.15, 0.2) is 18.0 Å². The van der Waals surface area contributed by atoms with Crippen molar-refractivity contribution >= 4 is 34.8 Å². The Balaban J connectivity index is 1.51. The van der Waals surface area contributed by atoms with Crippen molar-refractivity contribution in [3.05, 3.63) is 64.5 Å². The maximum absolute atomic E-state index is 13.4. The van der Waals surface area contributed by atoms with Gasteiger partial charge in [0.2, 0.25) is 18.1 Å². The van der Waals surface area contributed by atoms with Crippen LogP contribution in [0.15, 0.2) is 57.7 Å². The highest BCUT2D eigenvalue weighted by Crippen LogP contribution is 2.38. The van der Waals surface area contributed by atoms with Crippen LogP contribution in [0.5, 0.6) is 17.2 Å². The first-order valence-electron chi connectivity index (χ1n) is 16.4. The third-order valence-corrected chi connectivity index (χ3v) is 8.06. The van der Waals surface area contributed by atoms with E-state index in [0.717, 1.165) is 58.4 Å². The van der Waals surface area contributed by atoms with Gasteiger partial charge in [-0.25, -0.2) is 4.79 Å². The summed E-state index contributed by atoms with van der Waals surface area (Å²) >= 11 is 0. The first kappa shape index (κ1) is 36.2. The van der Waals surface area contributed by atoms with Crippen molar-refractivity contribution in [2.45, 2.75) is 103 Å². The van der Waals surface area contributed by atoms with E-state index in [1.807, 2.05) is 30.3 Å². The number of carbonyl (C=O) groups excluding carboxylic acids is 4. The van der Waals surface area contributed by atoms with E-state index in [4.69, 9.17) is 42.3 Å². The molecular weight excluding hydrogens is 656 g/mol. The molecule has 0 N–H and O–H groups in total. The fraction of sp³-hybridized carbons (Fsp3) is 0.472. The van der Waals surface area contributed by atoms with Gasteiger partial charge < -0.3 is 42.3 Å². The first-order valence-corrected chi connectivity index (χ1v) is 16.4. The Morgan fingerprint density at radius 1 is 0.740 bits per heavy atom. The molecule has 268 valence electrons. The van der Waals surface area contributed by atoms with E-state index >= 15 is 0 Å². The van der Waals surface area contributed by atoms with Crippen LogP contribution < -0.4 is 19.8 Å². The fourth-order valence-corrected chi connectivity index (χ4v) is 5.95. The highest BCUT2D eigenvalue weighted by atomic mass is 16.7. The van der Waals surface area contributed by atoms with Crippen LogP contribution in [0.4, 0.5) is 0 Å². The third-order valence-electron chi connectivity index (χ3n) is 8.06. The Morgan fingerprint density at radius 2 is 1.40 bits per heavy atom. The number of hydrogen-bond acceptors (Lipinski definition) is 14. The molecular formula is C36H40O14. The van der Waals surface area contributed by atoms with E-state index in [-0.39, 0.29) is 35.5 Å². The first-order chi connectivity index (χ1) is 24.0. The summed E-state index contributed by atoms with van der Waals surface area (Å²) in [4.78, 5) is 61.6. The van der Waals surface area contributed by atoms with Gasteiger partial charge in [0.05, 0.1) is 11.5 Å². The van der Waals surface area contributed by atoms with Gasteiger partial charge in [0.25, 0.3) is 0 Å². The molecule has 1 aliphatic carbocycles. The molecule has 0 spiro atoms. The molecule has 50 heavy (non-hydrogen) atoms. The molecule has 1 aromatic heterocycles. The zero-order valence-electron chi connectivity index (χ0n) is 28.2. The number of hydrogen-bond donors (Lipinski definition) is 0. The Hall–Kier alpha value is -5.11. The Labute approximate surface area is 287 Å². The minimum atomic E-state index is -1.48. The minimum absolute atomic E-state index is 0.0198. The summed E-state index contributed by atoms with van der Waals surface area (Å²) in [6.45, 7) is 4.29. The minimum Gasteiger partial charge on any atom is -0.484 e. The molecule has 0 radical (unpaired) electrons. The second-order valence-electron chi connectivity index (χ2n) is 12.0.